The molecule has 106 valence electrons. The summed E-state index contributed by atoms with van der Waals surface area (Å²) in [6.07, 6.45) is 3.92. The van der Waals surface area contributed by atoms with E-state index in [0.717, 1.165) is 16.9 Å². The van der Waals surface area contributed by atoms with Crippen molar-refractivity contribution in [3.63, 3.8) is 0 Å². The molecule has 0 saturated carbocycles. The maximum absolute atomic E-state index is 6.49. The maximum Gasteiger partial charge on any atom is 0.127 e. The fourth-order valence-electron chi connectivity index (χ4n) is 1.95. The van der Waals surface area contributed by atoms with Crippen LogP contribution in [-0.2, 0) is 6.42 Å². The van der Waals surface area contributed by atoms with Crippen LogP contribution in [0, 0.1) is 0 Å². The fraction of sp³-hybridized carbons (Fsp3) is 0.267. The zero-order valence-electron chi connectivity index (χ0n) is 11.3. The minimum Gasteiger partial charge on any atom is -0.497 e. The second-order valence-corrected chi connectivity index (χ2v) is 5.18. The van der Waals surface area contributed by atoms with E-state index in [4.69, 9.17) is 32.7 Å². The first-order chi connectivity index (χ1) is 9.65. The molecular weight excluding hydrogens is 297 g/mol. The Kier molecular flexibility index (Phi) is 5.10. The highest BCUT2D eigenvalue weighted by atomic mass is 35.5. The highest BCUT2D eigenvalue weighted by molar-refractivity contribution is 6.31. The van der Waals surface area contributed by atoms with Gasteiger partial charge < -0.3 is 9.47 Å². The summed E-state index contributed by atoms with van der Waals surface area (Å²) in [5.41, 5.74) is 1.86. The molecule has 1 unspecified atom stereocenters. The van der Waals surface area contributed by atoms with E-state index in [-0.39, 0.29) is 5.38 Å². The van der Waals surface area contributed by atoms with Crippen LogP contribution in [-0.4, -0.2) is 19.2 Å². The van der Waals surface area contributed by atoms with Gasteiger partial charge in [0.05, 0.1) is 24.6 Å². The molecule has 2 aromatic rings. The molecule has 0 aliphatic carbocycles. The van der Waals surface area contributed by atoms with Gasteiger partial charge in [0.1, 0.15) is 11.5 Å². The van der Waals surface area contributed by atoms with Gasteiger partial charge in [-0.25, -0.2) is 0 Å². The quantitative estimate of drug-likeness (QED) is 0.772. The number of hydrogen-bond acceptors (Lipinski definition) is 3. The Morgan fingerprint density at radius 1 is 1.20 bits per heavy atom. The molecule has 1 aromatic heterocycles. The monoisotopic (exact) mass is 311 g/mol. The zero-order valence-corrected chi connectivity index (χ0v) is 12.8. The lowest BCUT2D eigenvalue weighted by Gasteiger charge is -2.15. The highest BCUT2D eigenvalue weighted by Crippen LogP contribution is 2.35. The van der Waals surface area contributed by atoms with Gasteiger partial charge in [0.2, 0.25) is 0 Å². The number of alkyl halides is 1. The molecule has 0 N–H and O–H groups in total. The van der Waals surface area contributed by atoms with Crippen molar-refractivity contribution >= 4 is 23.2 Å². The molecule has 1 heterocycles. The molecule has 20 heavy (non-hydrogen) atoms. The minimum absolute atomic E-state index is 0.240. The SMILES string of the molecule is COc1ccc(C(Cl)Cc2ccncc2Cl)c(OC)c1. The number of nitrogens with zero attached hydrogens (tertiary/aromatic N) is 1. The first-order valence-corrected chi connectivity index (χ1v) is 6.91. The molecule has 1 atom stereocenters. The number of methoxy groups -OCH3 is 2. The largest absolute Gasteiger partial charge is 0.497 e. The van der Waals surface area contributed by atoms with Crippen LogP contribution in [0.2, 0.25) is 5.02 Å². The Hall–Kier alpha value is -1.45. The Balaban J connectivity index is 2.25. The summed E-state index contributed by atoms with van der Waals surface area (Å²) in [6, 6.07) is 7.46. The van der Waals surface area contributed by atoms with Gasteiger partial charge in [-0.05, 0) is 24.1 Å². The van der Waals surface area contributed by atoms with Gasteiger partial charge in [0, 0.05) is 24.0 Å². The van der Waals surface area contributed by atoms with E-state index in [1.54, 1.807) is 26.6 Å². The first kappa shape index (κ1) is 14.9. The van der Waals surface area contributed by atoms with Crippen LogP contribution >= 0.6 is 23.2 Å². The second kappa shape index (κ2) is 6.82. The Labute approximate surface area is 128 Å². The first-order valence-electron chi connectivity index (χ1n) is 6.10. The molecule has 5 heteroatoms. The summed E-state index contributed by atoms with van der Waals surface area (Å²) in [7, 11) is 3.23. The van der Waals surface area contributed by atoms with Crippen molar-refractivity contribution in [1.29, 1.82) is 0 Å². The van der Waals surface area contributed by atoms with E-state index < -0.39 is 0 Å². The van der Waals surface area contributed by atoms with Gasteiger partial charge in [-0.1, -0.05) is 17.7 Å². The van der Waals surface area contributed by atoms with Crippen LogP contribution in [0.4, 0.5) is 0 Å². The van der Waals surface area contributed by atoms with Crippen LogP contribution in [0.5, 0.6) is 11.5 Å². The van der Waals surface area contributed by atoms with Crippen LogP contribution in [0.25, 0.3) is 0 Å². The minimum atomic E-state index is -0.240. The van der Waals surface area contributed by atoms with Gasteiger partial charge in [0.15, 0.2) is 0 Å². The molecule has 0 bridgehead atoms. The molecule has 0 fully saturated rings. The van der Waals surface area contributed by atoms with Gasteiger partial charge >= 0.3 is 0 Å². The third kappa shape index (κ3) is 3.35. The Bertz CT molecular complexity index is 590. The zero-order chi connectivity index (χ0) is 14.5. The summed E-state index contributed by atoms with van der Waals surface area (Å²) in [6.45, 7) is 0. The van der Waals surface area contributed by atoms with Crippen molar-refractivity contribution in [2.75, 3.05) is 14.2 Å². The number of halogens is 2. The van der Waals surface area contributed by atoms with Crippen LogP contribution in [0.3, 0.4) is 0 Å². The number of benzene rings is 1. The molecular formula is C15H15Cl2NO2. The molecule has 1 aromatic carbocycles. The molecule has 0 amide bonds. The Morgan fingerprint density at radius 3 is 2.65 bits per heavy atom. The molecule has 3 nitrogen and oxygen atoms in total. The number of rotatable bonds is 5. The highest BCUT2D eigenvalue weighted by Gasteiger charge is 2.16. The molecule has 0 aliphatic heterocycles. The summed E-state index contributed by atoms with van der Waals surface area (Å²) >= 11 is 12.6. The lowest BCUT2D eigenvalue weighted by atomic mass is 10.0. The number of aromatic nitrogens is 1. The van der Waals surface area contributed by atoms with Crippen molar-refractivity contribution in [3.8, 4) is 11.5 Å². The third-order valence-corrected chi connectivity index (χ3v) is 3.76. The molecule has 0 saturated heterocycles. The lowest BCUT2D eigenvalue weighted by molar-refractivity contribution is 0.390. The lowest BCUT2D eigenvalue weighted by Crippen LogP contribution is -2.00. The molecule has 0 spiro atoms. The van der Waals surface area contributed by atoms with E-state index in [1.807, 2.05) is 24.3 Å². The van der Waals surface area contributed by atoms with Gasteiger partial charge in [0.25, 0.3) is 0 Å². The average Bonchev–Trinajstić information content (AvgIpc) is 2.48. The number of pyridine rings is 1. The summed E-state index contributed by atoms with van der Waals surface area (Å²) in [5, 5.41) is 0.376. The third-order valence-electron chi connectivity index (χ3n) is 3.03. The standard InChI is InChI=1S/C15H15Cl2NO2/c1-19-11-3-4-12(15(8-11)20-2)13(16)7-10-5-6-18-9-14(10)17/h3-6,8-9,13H,7H2,1-2H3. The van der Waals surface area contributed by atoms with Crippen LogP contribution in [0.15, 0.2) is 36.7 Å². The fourth-order valence-corrected chi connectivity index (χ4v) is 2.49. The molecule has 0 radical (unpaired) electrons. The smallest absolute Gasteiger partial charge is 0.127 e. The second-order valence-electron chi connectivity index (χ2n) is 4.25. The van der Waals surface area contributed by atoms with E-state index in [2.05, 4.69) is 4.98 Å². The normalized spacial score (nSPS) is 12.0. The van der Waals surface area contributed by atoms with Crippen molar-refractivity contribution in [3.05, 3.63) is 52.8 Å². The van der Waals surface area contributed by atoms with Gasteiger partial charge in [-0.3, -0.25) is 4.98 Å². The predicted molar refractivity (Wildman–Crippen MR) is 81.1 cm³/mol. The van der Waals surface area contributed by atoms with Gasteiger partial charge in [-0.15, -0.1) is 11.6 Å². The Morgan fingerprint density at radius 2 is 2.00 bits per heavy atom. The maximum atomic E-state index is 6.49. The summed E-state index contributed by atoms with van der Waals surface area (Å²) in [4.78, 5) is 3.97. The van der Waals surface area contributed by atoms with Crippen molar-refractivity contribution in [1.82, 2.24) is 4.98 Å². The summed E-state index contributed by atoms with van der Waals surface area (Å²) in [5.74, 6) is 1.44. The van der Waals surface area contributed by atoms with Crippen LogP contribution in [0.1, 0.15) is 16.5 Å². The summed E-state index contributed by atoms with van der Waals surface area (Å²) < 4.78 is 10.5. The topological polar surface area (TPSA) is 31.4 Å². The van der Waals surface area contributed by atoms with Gasteiger partial charge in [-0.2, -0.15) is 0 Å². The van der Waals surface area contributed by atoms with Crippen molar-refractivity contribution in [2.24, 2.45) is 0 Å². The van der Waals surface area contributed by atoms with Crippen molar-refractivity contribution in [2.45, 2.75) is 11.8 Å². The molecule has 2 rings (SSSR count). The van der Waals surface area contributed by atoms with E-state index in [9.17, 15) is 0 Å². The average molecular weight is 312 g/mol. The van der Waals surface area contributed by atoms with Crippen LogP contribution < -0.4 is 9.47 Å². The van der Waals surface area contributed by atoms with E-state index >= 15 is 0 Å². The predicted octanol–water partition coefficient (Wildman–Crippen LogP) is 4.27. The van der Waals surface area contributed by atoms with E-state index in [1.165, 1.54) is 0 Å². The molecule has 0 aliphatic rings. The number of ether oxygens (including phenoxy) is 2. The van der Waals surface area contributed by atoms with E-state index in [0.29, 0.717) is 17.2 Å². The number of hydrogen-bond donors (Lipinski definition) is 0. The van der Waals surface area contributed by atoms with Crippen molar-refractivity contribution < 1.29 is 9.47 Å².